The molecule has 0 heterocycles. The van der Waals surface area contributed by atoms with Crippen molar-refractivity contribution in [1.29, 1.82) is 0 Å². The van der Waals surface area contributed by atoms with Gasteiger partial charge in [-0.05, 0) is 28.5 Å². The number of aliphatic carboxylic acids is 1. The van der Waals surface area contributed by atoms with Crippen molar-refractivity contribution in [1.82, 2.24) is 0 Å². The minimum Gasteiger partial charge on any atom is -0.497 e. The van der Waals surface area contributed by atoms with Gasteiger partial charge in [0, 0.05) is 12.5 Å². The van der Waals surface area contributed by atoms with E-state index in [-0.39, 0.29) is 6.42 Å². The fourth-order valence-corrected chi connectivity index (χ4v) is 2.69. The fraction of sp³-hybridized carbons (Fsp3) is 0.150. The molecule has 0 aromatic heterocycles. The first-order valence-corrected chi connectivity index (χ1v) is 7.67. The van der Waals surface area contributed by atoms with Gasteiger partial charge >= 0.3 is 5.97 Å². The van der Waals surface area contributed by atoms with Crippen LogP contribution in [0.3, 0.4) is 0 Å². The van der Waals surface area contributed by atoms with Crippen LogP contribution in [-0.4, -0.2) is 24.3 Å². The average Bonchev–Trinajstić information content (AvgIpc) is 2.61. The molecule has 0 bridgehead atoms. The lowest BCUT2D eigenvalue weighted by Gasteiger charge is -2.17. The van der Waals surface area contributed by atoms with E-state index in [0.29, 0.717) is 11.5 Å². The topological polar surface area (TPSA) is 55.8 Å². The SMILES string of the molecule is COc1cccc(OC(Cc2cccc3ccccc23)C(=O)O)c1. The maximum atomic E-state index is 11.6. The maximum absolute atomic E-state index is 11.6. The van der Waals surface area contributed by atoms with Crippen LogP contribution in [0, 0.1) is 0 Å². The van der Waals surface area contributed by atoms with E-state index >= 15 is 0 Å². The van der Waals surface area contributed by atoms with Gasteiger partial charge in [0.25, 0.3) is 0 Å². The first kappa shape index (κ1) is 15.9. The van der Waals surface area contributed by atoms with Crippen LogP contribution >= 0.6 is 0 Å². The van der Waals surface area contributed by atoms with Crippen molar-refractivity contribution in [2.24, 2.45) is 0 Å². The number of carbonyl (C=O) groups is 1. The highest BCUT2D eigenvalue weighted by Crippen LogP contribution is 2.24. The Balaban J connectivity index is 1.87. The predicted molar refractivity (Wildman–Crippen MR) is 92.7 cm³/mol. The van der Waals surface area contributed by atoms with Gasteiger partial charge in [0.15, 0.2) is 6.10 Å². The molecule has 4 heteroatoms. The second kappa shape index (κ2) is 7.04. The standard InChI is InChI=1S/C20H18O4/c1-23-16-9-5-10-17(13-16)24-19(20(21)22)12-15-8-4-7-14-6-2-3-11-18(14)15/h2-11,13,19H,12H2,1H3,(H,21,22). The first-order valence-electron chi connectivity index (χ1n) is 7.67. The van der Waals surface area contributed by atoms with Crippen molar-refractivity contribution in [3.8, 4) is 11.5 Å². The molecule has 0 aliphatic rings. The second-order valence-electron chi connectivity index (χ2n) is 5.47. The highest BCUT2D eigenvalue weighted by molar-refractivity contribution is 5.86. The van der Waals surface area contributed by atoms with E-state index in [9.17, 15) is 9.90 Å². The summed E-state index contributed by atoms with van der Waals surface area (Å²) >= 11 is 0. The Hall–Kier alpha value is -3.01. The molecule has 24 heavy (non-hydrogen) atoms. The molecule has 1 atom stereocenters. The zero-order chi connectivity index (χ0) is 16.9. The van der Waals surface area contributed by atoms with Gasteiger partial charge in [0.1, 0.15) is 11.5 Å². The van der Waals surface area contributed by atoms with Gasteiger partial charge in [-0.1, -0.05) is 48.5 Å². The van der Waals surface area contributed by atoms with Crippen molar-refractivity contribution < 1.29 is 19.4 Å². The highest BCUT2D eigenvalue weighted by Gasteiger charge is 2.21. The van der Waals surface area contributed by atoms with Crippen LogP contribution in [0.5, 0.6) is 11.5 Å². The van der Waals surface area contributed by atoms with Crippen LogP contribution in [0.25, 0.3) is 10.8 Å². The van der Waals surface area contributed by atoms with Crippen molar-refractivity contribution in [2.45, 2.75) is 12.5 Å². The largest absolute Gasteiger partial charge is 0.497 e. The molecule has 0 amide bonds. The van der Waals surface area contributed by atoms with E-state index in [2.05, 4.69) is 0 Å². The lowest BCUT2D eigenvalue weighted by molar-refractivity contribution is -0.145. The molecule has 1 unspecified atom stereocenters. The number of ether oxygens (including phenoxy) is 2. The van der Waals surface area contributed by atoms with Crippen LogP contribution in [0.1, 0.15) is 5.56 Å². The molecule has 0 aliphatic heterocycles. The summed E-state index contributed by atoms with van der Waals surface area (Å²) in [6, 6.07) is 20.8. The average molecular weight is 322 g/mol. The van der Waals surface area contributed by atoms with Gasteiger partial charge in [-0.25, -0.2) is 4.79 Å². The zero-order valence-electron chi connectivity index (χ0n) is 13.3. The minimum atomic E-state index is -0.995. The van der Waals surface area contributed by atoms with Gasteiger partial charge in [0.2, 0.25) is 0 Å². The molecule has 3 aromatic carbocycles. The summed E-state index contributed by atoms with van der Waals surface area (Å²) in [6.07, 6.45) is -0.684. The van der Waals surface area contributed by atoms with E-state index < -0.39 is 12.1 Å². The first-order chi connectivity index (χ1) is 11.7. The molecular formula is C20H18O4. The summed E-state index contributed by atoms with van der Waals surface area (Å²) < 4.78 is 10.8. The quantitative estimate of drug-likeness (QED) is 0.747. The van der Waals surface area contributed by atoms with Gasteiger partial charge in [0.05, 0.1) is 7.11 Å². The molecule has 4 nitrogen and oxygen atoms in total. The number of methoxy groups -OCH3 is 1. The zero-order valence-corrected chi connectivity index (χ0v) is 13.3. The summed E-state index contributed by atoms with van der Waals surface area (Å²) in [4.78, 5) is 11.6. The van der Waals surface area contributed by atoms with E-state index in [1.165, 1.54) is 0 Å². The minimum absolute atomic E-state index is 0.286. The third kappa shape index (κ3) is 3.49. The summed E-state index contributed by atoms with van der Waals surface area (Å²) in [5.41, 5.74) is 0.948. The lowest BCUT2D eigenvalue weighted by atomic mass is 10.00. The van der Waals surface area contributed by atoms with Gasteiger partial charge in [-0.3, -0.25) is 0 Å². The van der Waals surface area contributed by atoms with Gasteiger partial charge in [-0.15, -0.1) is 0 Å². The van der Waals surface area contributed by atoms with Crippen molar-refractivity contribution in [2.75, 3.05) is 7.11 Å². The summed E-state index contributed by atoms with van der Waals surface area (Å²) in [6.45, 7) is 0. The van der Waals surface area contributed by atoms with Gasteiger partial charge in [-0.2, -0.15) is 0 Å². The summed E-state index contributed by atoms with van der Waals surface area (Å²) in [5.74, 6) is 0.106. The predicted octanol–water partition coefficient (Wildman–Crippen LogP) is 3.92. The third-order valence-electron chi connectivity index (χ3n) is 3.88. The van der Waals surface area contributed by atoms with Crippen molar-refractivity contribution >= 4 is 16.7 Å². The molecule has 122 valence electrons. The van der Waals surface area contributed by atoms with Crippen LogP contribution in [0.2, 0.25) is 0 Å². The van der Waals surface area contributed by atoms with Gasteiger partial charge < -0.3 is 14.6 Å². The Bertz CT molecular complexity index is 852. The Morgan fingerprint density at radius 2 is 1.71 bits per heavy atom. The maximum Gasteiger partial charge on any atom is 0.345 e. The van der Waals surface area contributed by atoms with E-state index in [0.717, 1.165) is 16.3 Å². The second-order valence-corrected chi connectivity index (χ2v) is 5.47. The molecule has 3 rings (SSSR count). The lowest BCUT2D eigenvalue weighted by Crippen LogP contribution is -2.29. The third-order valence-corrected chi connectivity index (χ3v) is 3.88. The summed E-state index contributed by atoms with van der Waals surface area (Å²) in [7, 11) is 1.56. The normalized spacial score (nSPS) is 11.9. The molecule has 3 aromatic rings. The van der Waals surface area contributed by atoms with Crippen LogP contribution in [0.15, 0.2) is 66.7 Å². The molecule has 0 saturated carbocycles. The van der Waals surface area contributed by atoms with Crippen LogP contribution < -0.4 is 9.47 Å². The number of carboxylic acid groups (broad SMARTS) is 1. The molecule has 0 radical (unpaired) electrons. The molecule has 0 spiro atoms. The molecular weight excluding hydrogens is 304 g/mol. The smallest absolute Gasteiger partial charge is 0.345 e. The van der Waals surface area contributed by atoms with Crippen LogP contribution in [-0.2, 0) is 11.2 Å². The molecule has 0 saturated heterocycles. The van der Waals surface area contributed by atoms with E-state index in [1.54, 1.807) is 31.4 Å². The Labute approximate surface area is 140 Å². The fourth-order valence-electron chi connectivity index (χ4n) is 2.69. The Morgan fingerprint density at radius 1 is 1.00 bits per heavy atom. The Kier molecular flexibility index (Phi) is 4.66. The number of benzene rings is 3. The van der Waals surface area contributed by atoms with E-state index in [4.69, 9.17) is 9.47 Å². The van der Waals surface area contributed by atoms with Crippen molar-refractivity contribution in [3.05, 3.63) is 72.3 Å². The number of carboxylic acids is 1. The number of rotatable bonds is 6. The molecule has 0 fully saturated rings. The number of hydrogen-bond acceptors (Lipinski definition) is 3. The Morgan fingerprint density at radius 3 is 2.50 bits per heavy atom. The molecule has 1 N–H and O–H groups in total. The van der Waals surface area contributed by atoms with Crippen LogP contribution in [0.4, 0.5) is 0 Å². The highest BCUT2D eigenvalue weighted by atomic mass is 16.5. The van der Waals surface area contributed by atoms with E-state index in [1.807, 2.05) is 42.5 Å². The summed E-state index contributed by atoms with van der Waals surface area (Å²) in [5, 5.41) is 11.7. The monoisotopic (exact) mass is 322 g/mol. The number of hydrogen-bond donors (Lipinski definition) is 1. The van der Waals surface area contributed by atoms with Crippen molar-refractivity contribution in [3.63, 3.8) is 0 Å². The molecule has 0 aliphatic carbocycles. The number of fused-ring (bicyclic) bond motifs is 1.